The fraction of sp³-hybridized carbons (Fsp3) is 0.571. The molecule has 0 aliphatic carbocycles. The molecule has 1 heterocycles. The van der Waals surface area contributed by atoms with Crippen LogP contribution in [0.5, 0.6) is 5.75 Å². The molecule has 2 rings (SSSR count). The molecule has 1 fully saturated rings. The molecule has 1 aromatic carbocycles. The van der Waals surface area contributed by atoms with Crippen molar-refractivity contribution in [3.8, 4) is 5.75 Å². The summed E-state index contributed by atoms with van der Waals surface area (Å²) in [5.74, 6) is 0.959. The van der Waals surface area contributed by atoms with E-state index in [0.29, 0.717) is 6.04 Å². The molecule has 1 aliphatic heterocycles. The van der Waals surface area contributed by atoms with Crippen molar-refractivity contribution in [3.63, 3.8) is 0 Å². The lowest BCUT2D eigenvalue weighted by atomic mass is 10.2. The van der Waals surface area contributed by atoms with E-state index in [1.165, 1.54) is 24.9 Å². The Bertz CT molecular complexity index is 378. The highest BCUT2D eigenvalue weighted by Gasteiger charge is 2.21. The third kappa shape index (κ3) is 2.91. The van der Waals surface area contributed by atoms with Crippen LogP contribution in [0, 0.1) is 6.92 Å². The van der Waals surface area contributed by atoms with Gasteiger partial charge in [-0.25, -0.2) is 0 Å². The van der Waals surface area contributed by atoms with Gasteiger partial charge in [0.05, 0.1) is 0 Å². The van der Waals surface area contributed by atoms with Gasteiger partial charge in [-0.15, -0.1) is 0 Å². The molecule has 1 atom stereocenters. The summed E-state index contributed by atoms with van der Waals surface area (Å²) in [6.07, 6.45) is 2.54. The average Bonchev–Trinajstić information content (AvgIpc) is 2.74. The van der Waals surface area contributed by atoms with Gasteiger partial charge in [0.1, 0.15) is 12.4 Å². The maximum absolute atomic E-state index is 5.88. The van der Waals surface area contributed by atoms with E-state index in [2.05, 4.69) is 36.3 Å². The van der Waals surface area contributed by atoms with Crippen molar-refractivity contribution >= 4 is 5.69 Å². The summed E-state index contributed by atoms with van der Waals surface area (Å²) in [7, 11) is 4.12. The molecule has 3 heteroatoms. The molecule has 0 aromatic heterocycles. The van der Waals surface area contributed by atoms with Crippen LogP contribution < -0.4 is 10.1 Å². The van der Waals surface area contributed by atoms with Crippen LogP contribution in [0.2, 0.25) is 0 Å². The van der Waals surface area contributed by atoms with Crippen LogP contribution in [-0.2, 0) is 0 Å². The zero-order valence-corrected chi connectivity index (χ0v) is 11.0. The van der Waals surface area contributed by atoms with Crippen molar-refractivity contribution in [1.29, 1.82) is 0 Å². The summed E-state index contributed by atoms with van der Waals surface area (Å²) in [5.41, 5.74) is 2.39. The highest BCUT2D eigenvalue weighted by atomic mass is 16.5. The number of hydrogen-bond donors (Lipinski definition) is 1. The lowest BCUT2D eigenvalue weighted by molar-refractivity contribution is 0.198. The summed E-state index contributed by atoms with van der Waals surface area (Å²) in [4.78, 5) is 2.38. The van der Waals surface area contributed by atoms with Gasteiger partial charge in [-0.05, 0) is 45.0 Å². The Morgan fingerprint density at radius 3 is 2.94 bits per heavy atom. The number of aryl methyl sites for hydroxylation is 1. The van der Waals surface area contributed by atoms with E-state index >= 15 is 0 Å². The van der Waals surface area contributed by atoms with Gasteiger partial charge in [-0.2, -0.15) is 0 Å². The Morgan fingerprint density at radius 2 is 2.29 bits per heavy atom. The predicted octanol–water partition coefficient (Wildman–Crippen LogP) is 2.51. The van der Waals surface area contributed by atoms with Crippen LogP contribution in [0.1, 0.15) is 18.4 Å². The van der Waals surface area contributed by atoms with Gasteiger partial charge in [-0.3, -0.25) is 0 Å². The van der Waals surface area contributed by atoms with Gasteiger partial charge in [0, 0.05) is 24.8 Å². The van der Waals surface area contributed by atoms with Crippen molar-refractivity contribution in [2.24, 2.45) is 0 Å². The largest absolute Gasteiger partial charge is 0.492 e. The molecule has 0 saturated carbocycles. The first-order chi connectivity index (χ1) is 8.20. The fourth-order valence-electron chi connectivity index (χ4n) is 2.34. The molecule has 94 valence electrons. The van der Waals surface area contributed by atoms with E-state index in [0.717, 1.165) is 18.0 Å². The minimum absolute atomic E-state index is 0.578. The molecule has 1 N–H and O–H groups in total. The number of benzene rings is 1. The third-order valence-corrected chi connectivity index (χ3v) is 3.59. The van der Waals surface area contributed by atoms with Crippen molar-refractivity contribution in [2.75, 3.05) is 32.6 Å². The van der Waals surface area contributed by atoms with Crippen LogP contribution in [0.4, 0.5) is 5.69 Å². The van der Waals surface area contributed by atoms with E-state index in [1.54, 1.807) is 0 Å². The molecule has 0 amide bonds. The maximum atomic E-state index is 5.88. The topological polar surface area (TPSA) is 24.5 Å². The second-order valence-corrected chi connectivity index (χ2v) is 4.81. The molecule has 0 bridgehead atoms. The monoisotopic (exact) mass is 234 g/mol. The zero-order chi connectivity index (χ0) is 12.3. The standard InChI is InChI=1S/C14H22N2O/c1-11-6-7-13(9-14(11)15-2)17-10-12-5-4-8-16(12)3/h6-7,9,12,15H,4-5,8,10H2,1-3H3. The molecule has 1 aliphatic rings. The van der Waals surface area contributed by atoms with Gasteiger partial charge in [0.15, 0.2) is 0 Å². The number of nitrogens with zero attached hydrogens (tertiary/aromatic N) is 1. The first-order valence-electron chi connectivity index (χ1n) is 6.32. The van der Waals surface area contributed by atoms with Crippen molar-refractivity contribution < 1.29 is 4.74 Å². The quantitative estimate of drug-likeness (QED) is 0.866. The first-order valence-corrected chi connectivity index (χ1v) is 6.32. The summed E-state index contributed by atoms with van der Waals surface area (Å²) in [5, 5.41) is 3.18. The molecule has 17 heavy (non-hydrogen) atoms. The molecule has 1 unspecified atom stereocenters. The Labute approximate surface area is 104 Å². The van der Waals surface area contributed by atoms with Gasteiger partial charge in [0.2, 0.25) is 0 Å². The van der Waals surface area contributed by atoms with E-state index in [9.17, 15) is 0 Å². The molecular formula is C14H22N2O. The molecule has 1 aromatic rings. The SMILES string of the molecule is CNc1cc(OCC2CCCN2C)ccc1C. The third-order valence-electron chi connectivity index (χ3n) is 3.59. The average molecular weight is 234 g/mol. The second kappa shape index (κ2) is 5.41. The second-order valence-electron chi connectivity index (χ2n) is 4.81. The lowest BCUT2D eigenvalue weighted by Gasteiger charge is -2.20. The number of nitrogens with one attached hydrogen (secondary N) is 1. The Hall–Kier alpha value is -1.22. The van der Waals surface area contributed by atoms with Crippen LogP contribution in [0.25, 0.3) is 0 Å². The van der Waals surface area contributed by atoms with E-state index < -0.39 is 0 Å². The summed E-state index contributed by atoms with van der Waals surface area (Å²) in [6.45, 7) is 4.09. The number of likely N-dealkylation sites (N-methyl/N-ethyl adjacent to an activating group) is 1. The Morgan fingerprint density at radius 1 is 1.47 bits per heavy atom. The summed E-state index contributed by atoms with van der Waals surface area (Å²) in [6, 6.07) is 6.80. The van der Waals surface area contributed by atoms with Gasteiger partial charge in [-0.1, -0.05) is 6.07 Å². The number of rotatable bonds is 4. The first kappa shape index (κ1) is 12.2. The number of anilines is 1. The molecule has 3 nitrogen and oxygen atoms in total. The normalized spacial score (nSPS) is 20.5. The van der Waals surface area contributed by atoms with Crippen LogP contribution in [0.15, 0.2) is 18.2 Å². The number of likely N-dealkylation sites (tertiary alicyclic amines) is 1. The van der Waals surface area contributed by atoms with Gasteiger partial charge in [0.25, 0.3) is 0 Å². The van der Waals surface area contributed by atoms with Crippen LogP contribution in [0.3, 0.4) is 0 Å². The highest BCUT2D eigenvalue weighted by Crippen LogP contribution is 2.23. The number of ether oxygens (including phenoxy) is 1. The zero-order valence-electron chi connectivity index (χ0n) is 11.0. The lowest BCUT2D eigenvalue weighted by Crippen LogP contribution is -2.30. The molecule has 0 radical (unpaired) electrons. The molecular weight excluding hydrogens is 212 g/mol. The molecule has 1 saturated heterocycles. The maximum Gasteiger partial charge on any atom is 0.121 e. The molecule has 0 spiro atoms. The van der Waals surface area contributed by atoms with E-state index in [1.807, 2.05) is 13.1 Å². The van der Waals surface area contributed by atoms with Crippen molar-refractivity contribution in [2.45, 2.75) is 25.8 Å². The predicted molar refractivity (Wildman–Crippen MR) is 71.9 cm³/mol. The van der Waals surface area contributed by atoms with Crippen molar-refractivity contribution in [1.82, 2.24) is 4.90 Å². The van der Waals surface area contributed by atoms with E-state index in [4.69, 9.17) is 4.74 Å². The summed E-state index contributed by atoms with van der Waals surface area (Å²) >= 11 is 0. The minimum Gasteiger partial charge on any atom is -0.492 e. The Balaban J connectivity index is 1.94. The van der Waals surface area contributed by atoms with Crippen LogP contribution in [-0.4, -0.2) is 38.2 Å². The van der Waals surface area contributed by atoms with Gasteiger partial charge < -0.3 is 15.0 Å². The van der Waals surface area contributed by atoms with Gasteiger partial charge >= 0.3 is 0 Å². The van der Waals surface area contributed by atoms with Crippen molar-refractivity contribution in [3.05, 3.63) is 23.8 Å². The highest BCUT2D eigenvalue weighted by molar-refractivity contribution is 5.54. The summed E-state index contributed by atoms with van der Waals surface area (Å²) < 4.78 is 5.88. The smallest absolute Gasteiger partial charge is 0.121 e. The minimum atomic E-state index is 0.578. The Kier molecular flexibility index (Phi) is 3.89. The number of hydrogen-bond acceptors (Lipinski definition) is 3. The fourth-order valence-corrected chi connectivity index (χ4v) is 2.34. The van der Waals surface area contributed by atoms with Crippen LogP contribution >= 0.6 is 0 Å². The van der Waals surface area contributed by atoms with E-state index in [-0.39, 0.29) is 0 Å².